The van der Waals surface area contributed by atoms with Crippen molar-refractivity contribution in [3.63, 3.8) is 0 Å². The number of ether oxygens (including phenoxy) is 1. The number of nitrogens with one attached hydrogen (secondary N) is 1. The van der Waals surface area contributed by atoms with E-state index in [1.54, 1.807) is 19.1 Å². The van der Waals surface area contributed by atoms with E-state index in [0.717, 1.165) is 5.56 Å². The highest BCUT2D eigenvalue weighted by atomic mass is 19.1. The molecule has 0 radical (unpaired) electrons. The third-order valence-electron chi connectivity index (χ3n) is 3.84. The lowest BCUT2D eigenvalue weighted by molar-refractivity contribution is -0.117. The maximum atomic E-state index is 13.4. The molecule has 1 amide bonds. The third-order valence-corrected chi connectivity index (χ3v) is 3.84. The van der Waals surface area contributed by atoms with Gasteiger partial charge in [0.2, 0.25) is 5.91 Å². The first-order chi connectivity index (χ1) is 12.0. The molecule has 0 aliphatic carbocycles. The monoisotopic (exact) mass is 343 g/mol. The molecule has 0 saturated carbocycles. The number of benzene rings is 2. The Morgan fingerprint density at radius 1 is 1.28 bits per heavy atom. The number of carbonyl (C=O) groups excluding carboxylic acids is 1. The summed E-state index contributed by atoms with van der Waals surface area (Å²) in [7, 11) is 1.38. The van der Waals surface area contributed by atoms with Crippen LogP contribution in [0.15, 0.2) is 54.6 Å². The Morgan fingerprint density at radius 2 is 2.00 bits per heavy atom. The summed E-state index contributed by atoms with van der Waals surface area (Å²) in [5.41, 5.74) is 1.65. The summed E-state index contributed by atoms with van der Waals surface area (Å²) < 4.78 is 18.3. The molecule has 132 valence electrons. The zero-order valence-corrected chi connectivity index (χ0v) is 14.3. The van der Waals surface area contributed by atoms with Crippen molar-refractivity contribution in [3.8, 4) is 5.75 Å². The van der Waals surface area contributed by atoms with Gasteiger partial charge in [-0.2, -0.15) is 0 Å². The summed E-state index contributed by atoms with van der Waals surface area (Å²) in [6.07, 6.45) is 2.68. The molecule has 4 nitrogen and oxygen atoms in total. The molecular formula is C20H22FNO3. The van der Waals surface area contributed by atoms with E-state index in [2.05, 4.69) is 5.32 Å². The number of methoxy groups -OCH3 is 1. The van der Waals surface area contributed by atoms with E-state index < -0.39 is 18.0 Å². The van der Waals surface area contributed by atoms with Crippen molar-refractivity contribution in [3.05, 3.63) is 71.6 Å². The molecule has 2 atom stereocenters. The number of rotatable bonds is 7. The number of aliphatic hydroxyl groups is 1. The van der Waals surface area contributed by atoms with Gasteiger partial charge in [-0.3, -0.25) is 4.79 Å². The van der Waals surface area contributed by atoms with Crippen LogP contribution in [-0.4, -0.2) is 30.3 Å². The van der Waals surface area contributed by atoms with Crippen LogP contribution in [-0.2, 0) is 11.2 Å². The van der Waals surface area contributed by atoms with Crippen LogP contribution in [0.1, 0.15) is 18.1 Å². The van der Waals surface area contributed by atoms with Crippen LogP contribution in [0.3, 0.4) is 0 Å². The molecule has 0 aliphatic rings. The van der Waals surface area contributed by atoms with Crippen molar-refractivity contribution in [1.29, 1.82) is 0 Å². The molecule has 0 bridgehead atoms. The second-order valence-electron chi connectivity index (χ2n) is 5.78. The lowest BCUT2D eigenvalue weighted by Crippen LogP contribution is -2.41. The predicted molar refractivity (Wildman–Crippen MR) is 95.7 cm³/mol. The van der Waals surface area contributed by atoms with Crippen molar-refractivity contribution in [1.82, 2.24) is 5.32 Å². The van der Waals surface area contributed by atoms with Crippen molar-refractivity contribution in [2.75, 3.05) is 7.11 Å². The van der Waals surface area contributed by atoms with Gasteiger partial charge in [-0.25, -0.2) is 4.39 Å². The van der Waals surface area contributed by atoms with Gasteiger partial charge in [0, 0.05) is 12.5 Å². The quantitative estimate of drug-likeness (QED) is 0.760. The summed E-state index contributed by atoms with van der Waals surface area (Å²) in [6, 6.07) is 13.5. The number of carbonyl (C=O) groups is 1. The first-order valence-corrected chi connectivity index (χ1v) is 8.03. The molecule has 0 aliphatic heterocycles. The highest BCUT2D eigenvalue weighted by Crippen LogP contribution is 2.18. The number of hydrogen-bond acceptors (Lipinski definition) is 3. The fourth-order valence-electron chi connectivity index (χ4n) is 2.35. The second kappa shape index (κ2) is 8.99. The maximum absolute atomic E-state index is 13.4. The van der Waals surface area contributed by atoms with Crippen LogP contribution < -0.4 is 10.1 Å². The average Bonchev–Trinajstić information content (AvgIpc) is 2.61. The fourth-order valence-corrected chi connectivity index (χ4v) is 2.35. The molecule has 0 heterocycles. The predicted octanol–water partition coefficient (Wildman–Crippen LogP) is 2.96. The van der Waals surface area contributed by atoms with Crippen LogP contribution in [0.5, 0.6) is 5.75 Å². The topological polar surface area (TPSA) is 58.6 Å². The minimum absolute atomic E-state index is 0.120. The molecule has 2 N–H and O–H groups in total. The Bertz CT molecular complexity index is 731. The van der Waals surface area contributed by atoms with Crippen LogP contribution in [0.2, 0.25) is 0 Å². The van der Waals surface area contributed by atoms with E-state index in [1.807, 2.05) is 30.3 Å². The molecule has 25 heavy (non-hydrogen) atoms. The number of hydrogen-bond donors (Lipinski definition) is 2. The van der Waals surface area contributed by atoms with Crippen LogP contribution in [0, 0.1) is 5.82 Å². The van der Waals surface area contributed by atoms with Crippen LogP contribution >= 0.6 is 0 Å². The van der Waals surface area contributed by atoms with Gasteiger partial charge >= 0.3 is 0 Å². The van der Waals surface area contributed by atoms with E-state index in [4.69, 9.17) is 4.74 Å². The summed E-state index contributed by atoms with van der Waals surface area (Å²) in [6.45, 7) is 1.75. The standard InChI is InChI=1S/C20H22FNO3/c1-14(18(23)12-15-6-4-3-5-7-15)22-20(24)11-9-16-8-10-17(21)19(13-16)25-2/h3-11,13-14,18,23H,12H2,1-2H3,(H,22,24)/b11-9+. The van der Waals surface area contributed by atoms with Gasteiger partial charge in [0.15, 0.2) is 11.6 Å². The lowest BCUT2D eigenvalue weighted by atomic mass is 10.0. The fraction of sp³-hybridized carbons (Fsp3) is 0.250. The maximum Gasteiger partial charge on any atom is 0.244 e. The van der Waals surface area contributed by atoms with Crippen molar-refractivity contribution in [2.24, 2.45) is 0 Å². The Kier molecular flexibility index (Phi) is 6.71. The van der Waals surface area contributed by atoms with Crippen molar-refractivity contribution in [2.45, 2.75) is 25.5 Å². The Balaban J connectivity index is 1.90. The Morgan fingerprint density at radius 3 is 2.68 bits per heavy atom. The molecule has 2 aromatic rings. The second-order valence-corrected chi connectivity index (χ2v) is 5.78. The van der Waals surface area contributed by atoms with E-state index in [0.29, 0.717) is 12.0 Å². The van der Waals surface area contributed by atoms with E-state index >= 15 is 0 Å². The van der Waals surface area contributed by atoms with Crippen LogP contribution in [0.4, 0.5) is 4.39 Å². The minimum atomic E-state index is -0.689. The molecule has 2 unspecified atom stereocenters. The SMILES string of the molecule is COc1cc(/C=C/C(=O)NC(C)C(O)Cc2ccccc2)ccc1F. The normalized spacial score (nSPS) is 13.4. The van der Waals surface area contributed by atoms with E-state index in [9.17, 15) is 14.3 Å². The van der Waals surface area contributed by atoms with Crippen molar-refractivity contribution >= 4 is 12.0 Å². The van der Waals surface area contributed by atoms with Gasteiger partial charge in [-0.1, -0.05) is 36.4 Å². The average molecular weight is 343 g/mol. The summed E-state index contributed by atoms with van der Waals surface area (Å²) in [5.74, 6) is -0.668. The smallest absolute Gasteiger partial charge is 0.244 e. The molecule has 2 rings (SSSR count). The molecule has 0 fully saturated rings. The summed E-state index contributed by atoms with van der Waals surface area (Å²) in [5, 5.41) is 12.9. The Labute approximate surface area is 147 Å². The van der Waals surface area contributed by atoms with Gasteiger partial charge in [-0.05, 0) is 36.3 Å². The molecular weight excluding hydrogens is 321 g/mol. The van der Waals surface area contributed by atoms with Gasteiger partial charge < -0.3 is 15.2 Å². The third kappa shape index (κ3) is 5.72. The molecule has 2 aromatic carbocycles. The van der Waals surface area contributed by atoms with Gasteiger partial charge in [0.05, 0.1) is 19.3 Å². The highest BCUT2D eigenvalue weighted by Gasteiger charge is 2.16. The number of halogens is 1. The van der Waals surface area contributed by atoms with E-state index in [-0.39, 0.29) is 11.7 Å². The van der Waals surface area contributed by atoms with Gasteiger partial charge in [-0.15, -0.1) is 0 Å². The van der Waals surface area contributed by atoms with E-state index in [1.165, 1.54) is 25.3 Å². The molecule has 0 aromatic heterocycles. The zero-order valence-electron chi connectivity index (χ0n) is 14.3. The summed E-state index contributed by atoms with van der Waals surface area (Å²) >= 11 is 0. The van der Waals surface area contributed by atoms with Gasteiger partial charge in [0.25, 0.3) is 0 Å². The van der Waals surface area contributed by atoms with Crippen LogP contribution in [0.25, 0.3) is 6.08 Å². The van der Waals surface area contributed by atoms with Gasteiger partial charge in [0.1, 0.15) is 0 Å². The largest absolute Gasteiger partial charge is 0.494 e. The summed E-state index contributed by atoms with van der Waals surface area (Å²) in [4.78, 5) is 12.0. The first-order valence-electron chi connectivity index (χ1n) is 8.03. The first kappa shape index (κ1) is 18.7. The van der Waals surface area contributed by atoms with Crippen molar-refractivity contribution < 1.29 is 19.0 Å². The number of aliphatic hydroxyl groups excluding tert-OH is 1. The molecule has 0 saturated heterocycles. The number of amides is 1. The minimum Gasteiger partial charge on any atom is -0.494 e. The lowest BCUT2D eigenvalue weighted by Gasteiger charge is -2.19. The molecule has 5 heteroatoms. The zero-order chi connectivity index (χ0) is 18.2. The highest BCUT2D eigenvalue weighted by molar-refractivity contribution is 5.91. The molecule has 0 spiro atoms. The Hall–Kier alpha value is -2.66.